The lowest BCUT2D eigenvalue weighted by Crippen LogP contribution is -2.59. The molecule has 1 aromatic rings. The molecule has 20 heavy (non-hydrogen) atoms. The largest absolute Gasteiger partial charge is 0.311 e. The van der Waals surface area contributed by atoms with Crippen molar-refractivity contribution >= 4 is 11.6 Å². The molecule has 0 amide bonds. The third-order valence-electron chi connectivity index (χ3n) is 4.13. The third kappa shape index (κ3) is 3.72. The second-order valence-corrected chi connectivity index (χ2v) is 7.25. The van der Waals surface area contributed by atoms with Gasteiger partial charge in [0.25, 0.3) is 0 Å². The average Bonchev–Trinajstić information content (AvgIpc) is 2.35. The standard InChI is InChI=1S/C16H24ClFN2/c1-11-8-19-15(16(2,3)4)10-20(11)9-12-7-13(18)5-6-14(12)17/h5-7,11,15,19H,8-10H2,1-4H3. The summed E-state index contributed by atoms with van der Waals surface area (Å²) in [7, 11) is 0. The lowest BCUT2D eigenvalue weighted by atomic mass is 9.84. The Hall–Kier alpha value is -0.640. The van der Waals surface area contributed by atoms with Gasteiger partial charge in [-0.05, 0) is 36.1 Å². The molecule has 2 rings (SSSR count). The number of nitrogens with one attached hydrogen (secondary N) is 1. The van der Waals surface area contributed by atoms with Gasteiger partial charge in [-0.25, -0.2) is 4.39 Å². The molecule has 0 saturated carbocycles. The van der Waals surface area contributed by atoms with E-state index in [0.717, 1.165) is 18.7 Å². The van der Waals surface area contributed by atoms with E-state index in [4.69, 9.17) is 11.6 Å². The SMILES string of the molecule is CC1CNC(C(C)(C)C)CN1Cc1cc(F)ccc1Cl. The van der Waals surface area contributed by atoms with Gasteiger partial charge in [0.2, 0.25) is 0 Å². The Morgan fingerprint density at radius 2 is 2.10 bits per heavy atom. The van der Waals surface area contributed by atoms with E-state index in [0.29, 0.717) is 23.7 Å². The predicted octanol–water partition coefficient (Wildman–Crippen LogP) is 3.69. The first-order valence-electron chi connectivity index (χ1n) is 7.18. The molecule has 0 bridgehead atoms. The Labute approximate surface area is 126 Å². The van der Waals surface area contributed by atoms with Crippen LogP contribution in [-0.4, -0.2) is 30.1 Å². The van der Waals surface area contributed by atoms with Gasteiger partial charge in [-0.1, -0.05) is 32.4 Å². The fourth-order valence-corrected chi connectivity index (χ4v) is 2.78. The van der Waals surface area contributed by atoms with Crippen molar-refractivity contribution < 1.29 is 4.39 Å². The van der Waals surface area contributed by atoms with Crippen LogP contribution in [0.15, 0.2) is 18.2 Å². The molecule has 1 aromatic carbocycles. The highest BCUT2D eigenvalue weighted by Crippen LogP contribution is 2.26. The summed E-state index contributed by atoms with van der Waals surface area (Å²) in [4.78, 5) is 2.38. The second-order valence-electron chi connectivity index (χ2n) is 6.84. The Morgan fingerprint density at radius 3 is 2.75 bits per heavy atom. The van der Waals surface area contributed by atoms with Gasteiger partial charge in [0.15, 0.2) is 0 Å². The zero-order valence-corrected chi connectivity index (χ0v) is 13.5. The Kier molecular flexibility index (Phi) is 4.73. The van der Waals surface area contributed by atoms with Crippen LogP contribution in [0.5, 0.6) is 0 Å². The molecule has 2 nitrogen and oxygen atoms in total. The van der Waals surface area contributed by atoms with Crippen molar-refractivity contribution in [3.63, 3.8) is 0 Å². The maximum Gasteiger partial charge on any atom is 0.123 e. The molecule has 0 spiro atoms. The van der Waals surface area contributed by atoms with Crippen LogP contribution in [-0.2, 0) is 6.54 Å². The molecule has 1 aliphatic rings. The molecule has 2 atom stereocenters. The number of nitrogens with zero attached hydrogens (tertiary/aromatic N) is 1. The van der Waals surface area contributed by atoms with Gasteiger partial charge in [0, 0.05) is 36.7 Å². The van der Waals surface area contributed by atoms with Gasteiger partial charge in [-0.15, -0.1) is 0 Å². The third-order valence-corrected chi connectivity index (χ3v) is 4.50. The summed E-state index contributed by atoms with van der Waals surface area (Å²) >= 11 is 6.18. The molecular formula is C16H24ClFN2. The van der Waals surface area contributed by atoms with Crippen LogP contribution in [0.25, 0.3) is 0 Å². The zero-order chi connectivity index (χ0) is 14.9. The molecule has 0 aromatic heterocycles. The summed E-state index contributed by atoms with van der Waals surface area (Å²) in [6, 6.07) is 5.45. The molecule has 1 fully saturated rings. The second kappa shape index (κ2) is 6.00. The highest BCUT2D eigenvalue weighted by molar-refractivity contribution is 6.31. The highest BCUT2D eigenvalue weighted by atomic mass is 35.5. The van der Waals surface area contributed by atoms with E-state index in [2.05, 4.69) is 37.9 Å². The van der Waals surface area contributed by atoms with Crippen molar-refractivity contribution in [3.05, 3.63) is 34.6 Å². The molecule has 2 unspecified atom stereocenters. The number of hydrogen-bond donors (Lipinski definition) is 1. The van der Waals surface area contributed by atoms with Crippen molar-refractivity contribution in [2.24, 2.45) is 5.41 Å². The smallest absolute Gasteiger partial charge is 0.123 e. The van der Waals surface area contributed by atoms with Crippen LogP contribution < -0.4 is 5.32 Å². The van der Waals surface area contributed by atoms with Crippen LogP contribution in [0.4, 0.5) is 4.39 Å². The molecule has 4 heteroatoms. The molecule has 0 radical (unpaired) electrons. The van der Waals surface area contributed by atoms with E-state index < -0.39 is 0 Å². The minimum Gasteiger partial charge on any atom is -0.311 e. The minimum absolute atomic E-state index is 0.212. The first-order chi connectivity index (χ1) is 9.27. The fraction of sp³-hybridized carbons (Fsp3) is 0.625. The molecule has 112 valence electrons. The molecule has 0 aliphatic carbocycles. The van der Waals surface area contributed by atoms with Crippen molar-refractivity contribution in [2.75, 3.05) is 13.1 Å². The van der Waals surface area contributed by atoms with Crippen molar-refractivity contribution in [3.8, 4) is 0 Å². The normalized spacial score (nSPS) is 24.9. The van der Waals surface area contributed by atoms with E-state index in [9.17, 15) is 4.39 Å². The Balaban J connectivity index is 2.12. The summed E-state index contributed by atoms with van der Waals surface area (Å²) < 4.78 is 13.4. The summed E-state index contributed by atoms with van der Waals surface area (Å²) in [5.74, 6) is -0.223. The van der Waals surface area contributed by atoms with Crippen LogP contribution >= 0.6 is 11.6 Å². The van der Waals surface area contributed by atoms with Gasteiger partial charge in [-0.3, -0.25) is 4.90 Å². The van der Waals surface area contributed by atoms with Gasteiger partial charge in [-0.2, -0.15) is 0 Å². The first kappa shape index (κ1) is 15.7. The lowest BCUT2D eigenvalue weighted by Gasteiger charge is -2.44. The van der Waals surface area contributed by atoms with Crippen LogP contribution in [0.1, 0.15) is 33.3 Å². The quantitative estimate of drug-likeness (QED) is 0.896. The van der Waals surface area contributed by atoms with Crippen molar-refractivity contribution in [1.82, 2.24) is 10.2 Å². The van der Waals surface area contributed by atoms with Gasteiger partial charge in [0.05, 0.1) is 0 Å². The fourth-order valence-electron chi connectivity index (χ4n) is 2.60. The molecule has 1 N–H and O–H groups in total. The van der Waals surface area contributed by atoms with Gasteiger partial charge in [0.1, 0.15) is 5.82 Å². The van der Waals surface area contributed by atoms with E-state index >= 15 is 0 Å². The van der Waals surface area contributed by atoms with E-state index in [1.54, 1.807) is 12.1 Å². The number of rotatable bonds is 2. The van der Waals surface area contributed by atoms with Crippen LogP contribution in [0, 0.1) is 11.2 Å². The van der Waals surface area contributed by atoms with E-state index in [1.807, 2.05) is 0 Å². The van der Waals surface area contributed by atoms with Gasteiger partial charge >= 0.3 is 0 Å². The summed E-state index contributed by atoms with van der Waals surface area (Å²) in [6.07, 6.45) is 0. The van der Waals surface area contributed by atoms with Crippen molar-refractivity contribution in [2.45, 2.75) is 46.3 Å². The molecule has 1 aliphatic heterocycles. The topological polar surface area (TPSA) is 15.3 Å². The Bertz CT molecular complexity index is 470. The average molecular weight is 299 g/mol. The monoisotopic (exact) mass is 298 g/mol. The van der Waals surface area contributed by atoms with Gasteiger partial charge < -0.3 is 5.32 Å². The highest BCUT2D eigenvalue weighted by Gasteiger charge is 2.32. The lowest BCUT2D eigenvalue weighted by molar-refractivity contribution is 0.0877. The van der Waals surface area contributed by atoms with Crippen LogP contribution in [0.3, 0.4) is 0 Å². The molecule has 1 heterocycles. The minimum atomic E-state index is -0.223. The maximum atomic E-state index is 13.4. The van der Waals surface area contributed by atoms with Crippen molar-refractivity contribution in [1.29, 1.82) is 0 Å². The number of piperazine rings is 1. The maximum absolute atomic E-state index is 13.4. The molecular weight excluding hydrogens is 275 g/mol. The zero-order valence-electron chi connectivity index (χ0n) is 12.7. The molecule has 1 saturated heterocycles. The van der Waals surface area contributed by atoms with Crippen LogP contribution in [0.2, 0.25) is 5.02 Å². The first-order valence-corrected chi connectivity index (χ1v) is 7.56. The van der Waals surface area contributed by atoms with E-state index in [-0.39, 0.29) is 11.2 Å². The van der Waals surface area contributed by atoms with E-state index in [1.165, 1.54) is 6.07 Å². The summed E-state index contributed by atoms with van der Waals surface area (Å²) in [5.41, 5.74) is 1.08. The number of halogens is 2. The number of benzene rings is 1. The summed E-state index contributed by atoms with van der Waals surface area (Å²) in [6.45, 7) is 11.5. The predicted molar refractivity (Wildman–Crippen MR) is 82.5 cm³/mol. The number of hydrogen-bond acceptors (Lipinski definition) is 2. The Morgan fingerprint density at radius 1 is 1.40 bits per heavy atom. The summed E-state index contributed by atoms with van der Waals surface area (Å²) in [5, 5.41) is 4.24.